The molecule has 1 aliphatic rings. The Morgan fingerprint density at radius 2 is 2.00 bits per heavy atom. The number of nitriles is 1. The molecular formula is C11H16N2O5. The SMILES string of the molecule is CC(C)(C)OC(=O)OC1CN(C(=O)O)CC1C#N. The Morgan fingerprint density at radius 3 is 2.44 bits per heavy atom. The van der Waals surface area contributed by atoms with Crippen molar-refractivity contribution in [3.05, 3.63) is 0 Å². The lowest BCUT2D eigenvalue weighted by Crippen LogP contribution is -2.32. The summed E-state index contributed by atoms with van der Waals surface area (Å²) in [6.07, 6.45) is -2.80. The fourth-order valence-electron chi connectivity index (χ4n) is 1.57. The zero-order valence-electron chi connectivity index (χ0n) is 10.5. The fraction of sp³-hybridized carbons (Fsp3) is 0.727. The molecule has 7 nitrogen and oxygen atoms in total. The molecule has 18 heavy (non-hydrogen) atoms. The van der Waals surface area contributed by atoms with Crippen molar-refractivity contribution in [1.29, 1.82) is 5.26 Å². The van der Waals surface area contributed by atoms with Crippen molar-refractivity contribution >= 4 is 12.2 Å². The summed E-state index contributed by atoms with van der Waals surface area (Å²) in [5, 5.41) is 17.7. The molecule has 1 saturated heterocycles. The highest BCUT2D eigenvalue weighted by atomic mass is 16.7. The van der Waals surface area contributed by atoms with Gasteiger partial charge in [0.2, 0.25) is 0 Å². The summed E-state index contributed by atoms with van der Waals surface area (Å²) in [6, 6.07) is 1.93. The van der Waals surface area contributed by atoms with E-state index in [1.165, 1.54) is 0 Å². The van der Waals surface area contributed by atoms with Crippen molar-refractivity contribution in [1.82, 2.24) is 4.90 Å². The van der Waals surface area contributed by atoms with Crippen molar-refractivity contribution in [2.45, 2.75) is 32.5 Å². The smallest absolute Gasteiger partial charge is 0.465 e. The lowest BCUT2D eigenvalue weighted by molar-refractivity contribution is -0.0285. The number of hydrogen-bond donors (Lipinski definition) is 1. The van der Waals surface area contributed by atoms with E-state index in [0.717, 1.165) is 4.90 Å². The molecule has 1 fully saturated rings. The summed E-state index contributed by atoms with van der Waals surface area (Å²) in [5.74, 6) is -0.659. The first-order valence-corrected chi connectivity index (χ1v) is 5.50. The number of hydrogen-bond acceptors (Lipinski definition) is 5. The molecule has 100 valence electrons. The van der Waals surface area contributed by atoms with E-state index < -0.39 is 29.9 Å². The molecule has 0 radical (unpaired) electrons. The van der Waals surface area contributed by atoms with Crippen LogP contribution in [0.1, 0.15) is 20.8 Å². The third-order valence-corrected chi connectivity index (χ3v) is 2.34. The van der Waals surface area contributed by atoms with Gasteiger partial charge in [-0.25, -0.2) is 9.59 Å². The van der Waals surface area contributed by atoms with E-state index >= 15 is 0 Å². The van der Waals surface area contributed by atoms with Crippen LogP contribution in [0.25, 0.3) is 0 Å². The highest BCUT2D eigenvalue weighted by molar-refractivity contribution is 5.66. The minimum absolute atomic E-state index is 0.00714. The molecule has 0 spiro atoms. The fourth-order valence-corrected chi connectivity index (χ4v) is 1.57. The van der Waals surface area contributed by atoms with Crippen molar-refractivity contribution in [2.75, 3.05) is 13.1 Å². The second-order valence-electron chi connectivity index (χ2n) is 5.04. The van der Waals surface area contributed by atoms with Crippen molar-refractivity contribution < 1.29 is 24.2 Å². The van der Waals surface area contributed by atoms with Gasteiger partial charge < -0.3 is 19.5 Å². The van der Waals surface area contributed by atoms with Gasteiger partial charge in [-0.1, -0.05) is 0 Å². The normalized spacial score (nSPS) is 23.3. The molecule has 1 rings (SSSR count). The molecular weight excluding hydrogens is 240 g/mol. The Kier molecular flexibility index (Phi) is 4.01. The van der Waals surface area contributed by atoms with Crippen LogP contribution in [0, 0.1) is 17.2 Å². The van der Waals surface area contributed by atoms with Crippen LogP contribution in [-0.4, -0.2) is 47.0 Å². The average Bonchev–Trinajstić information content (AvgIpc) is 2.57. The van der Waals surface area contributed by atoms with Gasteiger partial charge in [0, 0.05) is 6.54 Å². The van der Waals surface area contributed by atoms with Gasteiger partial charge in [-0.3, -0.25) is 0 Å². The predicted octanol–water partition coefficient (Wildman–Crippen LogP) is 1.44. The topological polar surface area (TPSA) is 99.9 Å². The Bertz CT molecular complexity index is 382. The molecule has 1 amide bonds. The molecule has 1 heterocycles. The number of carbonyl (C=O) groups excluding carboxylic acids is 1. The molecule has 0 aromatic rings. The van der Waals surface area contributed by atoms with Crippen LogP contribution in [0.2, 0.25) is 0 Å². The van der Waals surface area contributed by atoms with Gasteiger partial charge in [0.25, 0.3) is 0 Å². The first kappa shape index (κ1) is 14.1. The Labute approximate surface area is 105 Å². The van der Waals surface area contributed by atoms with Crippen molar-refractivity contribution in [2.24, 2.45) is 5.92 Å². The second kappa shape index (κ2) is 5.12. The van der Waals surface area contributed by atoms with E-state index in [1.54, 1.807) is 20.8 Å². The predicted molar refractivity (Wildman–Crippen MR) is 59.8 cm³/mol. The van der Waals surface area contributed by atoms with Crippen LogP contribution < -0.4 is 0 Å². The molecule has 0 bridgehead atoms. The van der Waals surface area contributed by atoms with Crippen LogP contribution in [0.5, 0.6) is 0 Å². The van der Waals surface area contributed by atoms with Gasteiger partial charge in [-0.05, 0) is 20.8 Å². The molecule has 1 N–H and O–H groups in total. The van der Waals surface area contributed by atoms with E-state index in [0.29, 0.717) is 0 Å². The Hall–Kier alpha value is -1.97. The number of ether oxygens (including phenoxy) is 2. The first-order valence-electron chi connectivity index (χ1n) is 5.50. The maximum absolute atomic E-state index is 11.4. The van der Waals surface area contributed by atoms with E-state index in [-0.39, 0.29) is 13.1 Å². The van der Waals surface area contributed by atoms with Crippen molar-refractivity contribution in [3.63, 3.8) is 0 Å². The second-order valence-corrected chi connectivity index (χ2v) is 5.04. The molecule has 1 aliphatic heterocycles. The van der Waals surface area contributed by atoms with E-state index in [2.05, 4.69) is 0 Å². The summed E-state index contributed by atoms with van der Waals surface area (Å²) in [4.78, 5) is 23.2. The van der Waals surface area contributed by atoms with Gasteiger partial charge in [-0.2, -0.15) is 5.26 Å². The molecule has 7 heteroatoms. The molecule has 0 aromatic heterocycles. The minimum atomic E-state index is -1.13. The summed E-state index contributed by atoms with van der Waals surface area (Å²) in [6.45, 7) is 5.10. The van der Waals surface area contributed by atoms with Gasteiger partial charge in [0.05, 0.1) is 12.6 Å². The third-order valence-electron chi connectivity index (χ3n) is 2.34. The van der Waals surface area contributed by atoms with E-state index in [1.807, 2.05) is 6.07 Å². The molecule has 0 aliphatic carbocycles. The first-order chi connectivity index (χ1) is 8.23. The molecule has 2 atom stereocenters. The Morgan fingerprint density at radius 1 is 1.39 bits per heavy atom. The van der Waals surface area contributed by atoms with E-state index in [9.17, 15) is 9.59 Å². The van der Waals surface area contributed by atoms with Gasteiger partial charge in [0.15, 0.2) is 0 Å². The van der Waals surface area contributed by atoms with Crippen LogP contribution >= 0.6 is 0 Å². The summed E-state index contributed by atoms with van der Waals surface area (Å²) >= 11 is 0. The number of likely N-dealkylation sites (tertiary alicyclic amines) is 1. The highest BCUT2D eigenvalue weighted by Gasteiger charge is 2.38. The van der Waals surface area contributed by atoms with E-state index in [4.69, 9.17) is 19.8 Å². The maximum atomic E-state index is 11.4. The number of carboxylic acid groups (broad SMARTS) is 1. The largest absolute Gasteiger partial charge is 0.509 e. The number of rotatable bonds is 1. The van der Waals surface area contributed by atoms with Gasteiger partial charge in [-0.15, -0.1) is 0 Å². The van der Waals surface area contributed by atoms with Gasteiger partial charge in [0.1, 0.15) is 17.6 Å². The van der Waals surface area contributed by atoms with Crippen LogP contribution in [0.4, 0.5) is 9.59 Å². The number of nitrogens with zero attached hydrogens (tertiary/aromatic N) is 2. The van der Waals surface area contributed by atoms with Crippen LogP contribution in [0.15, 0.2) is 0 Å². The maximum Gasteiger partial charge on any atom is 0.509 e. The minimum Gasteiger partial charge on any atom is -0.465 e. The van der Waals surface area contributed by atoms with Gasteiger partial charge >= 0.3 is 12.2 Å². The molecule has 2 unspecified atom stereocenters. The lowest BCUT2D eigenvalue weighted by Gasteiger charge is -2.21. The Balaban J connectivity index is 2.59. The third kappa shape index (κ3) is 3.80. The zero-order valence-corrected chi connectivity index (χ0v) is 10.5. The lowest BCUT2D eigenvalue weighted by atomic mass is 10.1. The van der Waals surface area contributed by atoms with Crippen LogP contribution in [-0.2, 0) is 9.47 Å². The monoisotopic (exact) mass is 256 g/mol. The summed E-state index contributed by atoms with van der Waals surface area (Å²) in [5.41, 5.74) is -0.690. The average molecular weight is 256 g/mol. The number of carbonyl (C=O) groups is 2. The van der Waals surface area contributed by atoms with Crippen molar-refractivity contribution in [3.8, 4) is 6.07 Å². The quantitative estimate of drug-likeness (QED) is 0.712. The van der Waals surface area contributed by atoms with Crippen LogP contribution in [0.3, 0.4) is 0 Å². The molecule has 0 saturated carbocycles. The standard InChI is InChI=1S/C11H16N2O5/c1-11(2,3)18-10(16)17-8-6-13(9(14)15)5-7(8)4-12/h7-8H,5-6H2,1-3H3,(H,14,15). The molecule has 0 aromatic carbocycles. The number of amides is 1. The zero-order chi connectivity index (χ0) is 13.9. The summed E-state index contributed by atoms with van der Waals surface area (Å²) < 4.78 is 9.93. The highest BCUT2D eigenvalue weighted by Crippen LogP contribution is 2.21. The summed E-state index contributed by atoms with van der Waals surface area (Å²) in [7, 11) is 0.